The molecular formula is C4H7NO3S. The average Bonchev–Trinajstić information content (AvgIpc) is 1.59. The molecule has 3 N–H and O–H groups in total. The zero-order valence-electron chi connectivity index (χ0n) is 4.61. The highest BCUT2D eigenvalue weighted by atomic mass is 32.2. The summed E-state index contributed by atoms with van der Waals surface area (Å²) in [4.78, 5) is 0. The summed E-state index contributed by atoms with van der Waals surface area (Å²) >= 11 is 0. The van der Waals surface area contributed by atoms with Crippen molar-refractivity contribution in [3.63, 3.8) is 0 Å². The Bertz CT molecular complexity index is 226. The van der Waals surface area contributed by atoms with E-state index in [1.54, 1.807) is 0 Å². The van der Waals surface area contributed by atoms with Crippen LogP contribution in [0.4, 0.5) is 0 Å². The van der Waals surface area contributed by atoms with E-state index in [1.807, 2.05) is 0 Å². The quantitative estimate of drug-likeness (QED) is 0.423. The van der Waals surface area contributed by atoms with Gasteiger partial charge in [0.1, 0.15) is 0 Å². The van der Waals surface area contributed by atoms with Gasteiger partial charge in [-0.05, 0) is 6.08 Å². The molecule has 0 atom stereocenters. The van der Waals surface area contributed by atoms with Crippen LogP contribution in [-0.4, -0.2) is 13.0 Å². The minimum Gasteiger partial charge on any atom is -0.399 e. The number of rotatable bonds is 2. The Morgan fingerprint density at radius 3 is 2.22 bits per heavy atom. The fraction of sp³-hybridized carbons (Fsp3) is 0. The van der Waals surface area contributed by atoms with E-state index < -0.39 is 10.1 Å². The van der Waals surface area contributed by atoms with Crippen LogP contribution in [0.3, 0.4) is 0 Å². The summed E-state index contributed by atoms with van der Waals surface area (Å²) in [5, 5.41) is 0.565. The van der Waals surface area contributed by atoms with Gasteiger partial charge in [0.15, 0.2) is 0 Å². The molecule has 0 rings (SSSR count). The maximum atomic E-state index is 9.91. The normalized spacial score (nSPS) is 12.1. The van der Waals surface area contributed by atoms with E-state index in [0.717, 1.165) is 6.08 Å². The summed E-state index contributed by atoms with van der Waals surface area (Å²) in [5.41, 5.74) is 5.02. The van der Waals surface area contributed by atoms with Gasteiger partial charge in [-0.2, -0.15) is 8.42 Å². The molecule has 0 heterocycles. The first-order chi connectivity index (χ1) is 3.92. The lowest BCUT2D eigenvalue weighted by Gasteiger charge is -1.83. The molecule has 0 spiro atoms. The fourth-order valence-corrected chi connectivity index (χ4v) is 0.520. The minimum absolute atomic E-state index is 0.0765. The highest BCUT2D eigenvalue weighted by Crippen LogP contribution is 1.87. The zero-order chi connectivity index (χ0) is 7.49. The highest BCUT2D eigenvalue weighted by molar-refractivity contribution is 7.88. The molecule has 0 aliphatic carbocycles. The van der Waals surface area contributed by atoms with Crippen molar-refractivity contribution in [3.05, 3.63) is 23.8 Å². The van der Waals surface area contributed by atoms with Gasteiger partial charge in [-0.15, -0.1) is 0 Å². The van der Waals surface area contributed by atoms with Crippen LogP contribution in [0.2, 0.25) is 0 Å². The molecule has 0 saturated heterocycles. The van der Waals surface area contributed by atoms with Gasteiger partial charge in [-0.1, -0.05) is 6.58 Å². The average molecular weight is 149 g/mol. The lowest BCUT2D eigenvalue weighted by Crippen LogP contribution is -1.93. The SMILES string of the molecule is C=C(N)C=CS(=O)(=O)O. The molecule has 9 heavy (non-hydrogen) atoms. The van der Waals surface area contributed by atoms with E-state index >= 15 is 0 Å². The molecule has 0 unspecified atom stereocenters. The maximum Gasteiger partial charge on any atom is 0.287 e. The van der Waals surface area contributed by atoms with Crippen molar-refractivity contribution >= 4 is 10.1 Å². The summed E-state index contributed by atoms with van der Waals surface area (Å²) in [6.45, 7) is 3.17. The van der Waals surface area contributed by atoms with Gasteiger partial charge >= 0.3 is 0 Å². The van der Waals surface area contributed by atoms with E-state index in [0.29, 0.717) is 5.41 Å². The summed E-state index contributed by atoms with van der Waals surface area (Å²) in [7, 11) is -4.04. The summed E-state index contributed by atoms with van der Waals surface area (Å²) in [5.74, 6) is 0. The summed E-state index contributed by atoms with van der Waals surface area (Å²) in [6.07, 6.45) is 0.995. The van der Waals surface area contributed by atoms with E-state index in [9.17, 15) is 8.42 Å². The van der Waals surface area contributed by atoms with Gasteiger partial charge in [-0.25, -0.2) is 0 Å². The van der Waals surface area contributed by atoms with Gasteiger partial charge in [0.05, 0.1) is 5.41 Å². The molecule has 0 aromatic rings. The Morgan fingerprint density at radius 1 is 1.67 bits per heavy atom. The molecule has 0 aliphatic heterocycles. The zero-order valence-corrected chi connectivity index (χ0v) is 5.43. The Morgan fingerprint density at radius 2 is 2.11 bits per heavy atom. The first-order valence-electron chi connectivity index (χ1n) is 2.02. The minimum atomic E-state index is -4.04. The topological polar surface area (TPSA) is 80.4 Å². The first-order valence-corrected chi connectivity index (χ1v) is 3.52. The molecule has 0 amide bonds. The van der Waals surface area contributed by atoms with Crippen molar-refractivity contribution in [3.8, 4) is 0 Å². The third-order valence-electron chi connectivity index (χ3n) is 0.454. The fourth-order valence-electron chi connectivity index (χ4n) is 0.173. The maximum absolute atomic E-state index is 9.91. The van der Waals surface area contributed by atoms with Crippen LogP contribution in [0.25, 0.3) is 0 Å². The lowest BCUT2D eigenvalue weighted by atomic mass is 10.5. The second kappa shape index (κ2) is 2.65. The third kappa shape index (κ3) is 7.19. The molecule has 0 saturated carbocycles. The Labute approximate surface area is 53.4 Å². The van der Waals surface area contributed by atoms with Crippen LogP contribution < -0.4 is 5.73 Å². The number of hydrogen-bond donors (Lipinski definition) is 2. The Balaban J connectivity index is 4.21. The second-order valence-electron chi connectivity index (χ2n) is 1.39. The molecule has 5 heteroatoms. The van der Waals surface area contributed by atoms with Crippen LogP contribution in [0.1, 0.15) is 0 Å². The molecule has 4 nitrogen and oxygen atoms in total. The molecule has 0 fully saturated rings. The van der Waals surface area contributed by atoms with Crippen LogP contribution in [0, 0.1) is 0 Å². The Kier molecular flexibility index (Phi) is 2.41. The van der Waals surface area contributed by atoms with Gasteiger partial charge < -0.3 is 5.73 Å². The molecule has 0 aliphatic rings. The van der Waals surface area contributed by atoms with Crippen molar-refractivity contribution in [2.45, 2.75) is 0 Å². The molecule has 0 radical (unpaired) electrons. The van der Waals surface area contributed by atoms with Gasteiger partial charge in [0.2, 0.25) is 0 Å². The van der Waals surface area contributed by atoms with Crippen LogP contribution in [0.15, 0.2) is 23.8 Å². The second-order valence-corrected chi connectivity index (χ2v) is 2.69. The van der Waals surface area contributed by atoms with E-state index in [1.165, 1.54) is 0 Å². The van der Waals surface area contributed by atoms with Crippen molar-refractivity contribution in [2.75, 3.05) is 0 Å². The largest absolute Gasteiger partial charge is 0.399 e. The lowest BCUT2D eigenvalue weighted by molar-refractivity contribution is 0.494. The predicted octanol–water partition coefficient (Wildman–Crippen LogP) is -0.140. The molecule has 0 aromatic heterocycles. The number of nitrogens with two attached hydrogens (primary N) is 1. The van der Waals surface area contributed by atoms with E-state index in [-0.39, 0.29) is 5.70 Å². The number of allylic oxidation sites excluding steroid dienone is 1. The van der Waals surface area contributed by atoms with Crippen LogP contribution >= 0.6 is 0 Å². The molecule has 0 bridgehead atoms. The van der Waals surface area contributed by atoms with E-state index in [2.05, 4.69) is 6.58 Å². The van der Waals surface area contributed by atoms with E-state index in [4.69, 9.17) is 10.3 Å². The van der Waals surface area contributed by atoms with Crippen LogP contribution in [0.5, 0.6) is 0 Å². The molecule has 0 aromatic carbocycles. The van der Waals surface area contributed by atoms with Crippen LogP contribution in [-0.2, 0) is 10.1 Å². The number of hydrogen-bond acceptors (Lipinski definition) is 3. The van der Waals surface area contributed by atoms with Crippen molar-refractivity contribution in [2.24, 2.45) is 5.73 Å². The molecule has 52 valence electrons. The standard InChI is InChI=1S/C4H7NO3S/c1-4(5)2-3-9(6,7)8/h2-3H,1,5H2,(H,6,7,8). The molecular weight excluding hydrogens is 142 g/mol. The first kappa shape index (κ1) is 8.19. The highest BCUT2D eigenvalue weighted by Gasteiger charge is 1.92. The summed E-state index contributed by atoms with van der Waals surface area (Å²) in [6, 6.07) is 0. The van der Waals surface area contributed by atoms with Gasteiger partial charge in [0, 0.05) is 5.70 Å². The smallest absolute Gasteiger partial charge is 0.287 e. The van der Waals surface area contributed by atoms with Crippen molar-refractivity contribution in [1.82, 2.24) is 0 Å². The van der Waals surface area contributed by atoms with Crippen molar-refractivity contribution in [1.29, 1.82) is 0 Å². The van der Waals surface area contributed by atoms with Gasteiger partial charge in [-0.3, -0.25) is 4.55 Å². The Hall–Kier alpha value is -0.810. The predicted molar refractivity (Wildman–Crippen MR) is 34.0 cm³/mol. The monoisotopic (exact) mass is 149 g/mol. The third-order valence-corrected chi connectivity index (χ3v) is 0.934. The summed E-state index contributed by atoms with van der Waals surface area (Å²) < 4.78 is 27.9. The van der Waals surface area contributed by atoms with Gasteiger partial charge in [0.25, 0.3) is 10.1 Å². The van der Waals surface area contributed by atoms with Crippen molar-refractivity contribution < 1.29 is 13.0 Å².